The van der Waals surface area contributed by atoms with Crippen LogP contribution in [0.1, 0.15) is 32.1 Å². The van der Waals surface area contributed by atoms with Crippen molar-refractivity contribution in [3.63, 3.8) is 0 Å². The van der Waals surface area contributed by atoms with Gasteiger partial charge < -0.3 is 5.32 Å². The molecule has 2 aromatic rings. The molecule has 0 atom stereocenters. The number of nitrogens with zero attached hydrogens (tertiary/aromatic N) is 1. The average Bonchev–Trinajstić information content (AvgIpc) is 2.72. The Balaban J connectivity index is 1.84. The Morgan fingerprint density at radius 3 is 2.61 bits per heavy atom. The van der Waals surface area contributed by atoms with Crippen molar-refractivity contribution in [1.29, 1.82) is 0 Å². The molecule has 18 heavy (non-hydrogen) atoms. The minimum Gasteiger partial charge on any atom is -0.359 e. The lowest BCUT2D eigenvalue weighted by molar-refractivity contribution is 0.462. The van der Waals surface area contributed by atoms with Crippen LogP contribution in [0.3, 0.4) is 0 Å². The molecule has 0 bridgehead atoms. The predicted molar refractivity (Wildman–Crippen MR) is 70.0 cm³/mol. The van der Waals surface area contributed by atoms with Crippen LogP contribution in [0.25, 0.3) is 10.2 Å². The van der Waals surface area contributed by atoms with Gasteiger partial charge in [0.1, 0.15) is 0 Å². The third kappa shape index (κ3) is 2.32. The van der Waals surface area contributed by atoms with Gasteiger partial charge in [-0.3, -0.25) is 0 Å². The van der Waals surface area contributed by atoms with Crippen molar-refractivity contribution in [2.75, 3.05) is 5.32 Å². The quantitative estimate of drug-likeness (QED) is 0.877. The highest BCUT2D eigenvalue weighted by Gasteiger charge is 2.15. The molecule has 1 aliphatic carbocycles. The number of nitrogens with one attached hydrogen (secondary N) is 1. The first kappa shape index (κ1) is 11.8. The zero-order valence-corrected chi connectivity index (χ0v) is 10.7. The van der Waals surface area contributed by atoms with Crippen molar-refractivity contribution in [3.05, 3.63) is 23.8 Å². The molecule has 1 aromatic carbocycles. The lowest BCUT2D eigenvalue weighted by atomic mass is 9.96. The van der Waals surface area contributed by atoms with Crippen LogP contribution in [0.5, 0.6) is 0 Å². The molecule has 1 saturated carbocycles. The van der Waals surface area contributed by atoms with Crippen molar-refractivity contribution in [2.45, 2.75) is 38.1 Å². The van der Waals surface area contributed by atoms with Crippen LogP contribution >= 0.6 is 11.3 Å². The van der Waals surface area contributed by atoms with Gasteiger partial charge in [0.05, 0.1) is 10.2 Å². The zero-order chi connectivity index (χ0) is 12.5. The van der Waals surface area contributed by atoms with Gasteiger partial charge in [0, 0.05) is 12.1 Å². The maximum absolute atomic E-state index is 13.1. The Bertz CT molecular complexity index is 522. The second-order valence-corrected chi connectivity index (χ2v) is 5.76. The number of hydrogen-bond donors (Lipinski definition) is 1. The summed E-state index contributed by atoms with van der Waals surface area (Å²) in [6.45, 7) is 0. The Kier molecular flexibility index (Phi) is 3.16. The summed E-state index contributed by atoms with van der Waals surface area (Å²) in [4.78, 5) is 4.31. The van der Waals surface area contributed by atoms with Crippen molar-refractivity contribution in [2.24, 2.45) is 0 Å². The van der Waals surface area contributed by atoms with E-state index in [0.717, 1.165) is 24.0 Å². The predicted octanol–water partition coefficient (Wildman–Crippen LogP) is 4.32. The summed E-state index contributed by atoms with van der Waals surface area (Å²) >= 11 is 1.38. The molecule has 0 amide bonds. The van der Waals surface area contributed by atoms with Gasteiger partial charge in [0.25, 0.3) is 0 Å². The van der Waals surface area contributed by atoms with E-state index in [2.05, 4.69) is 10.3 Å². The summed E-state index contributed by atoms with van der Waals surface area (Å²) in [6.07, 6.45) is 6.09. The average molecular weight is 268 g/mol. The van der Waals surface area contributed by atoms with E-state index in [1.165, 1.54) is 36.7 Å². The van der Waals surface area contributed by atoms with E-state index in [1.807, 2.05) is 0 Å². The summed E-state index contributed by atoms with van der Waals surface area (Å²) in [5.41, 5.74) is 0.525. The molecule has 0 aliphatic heterocycles. The van der Waals surface area contributed by atoms with E-state index in [1.54, 1.807) is 0 Å². The topological polar surface area (TPSA) is 24.9 Å². The molecule has 96 valence electrons. The van der Waals surface area contributed by atoms with Crippen molar-refractivity contribution >= 4 is 26.7 Å². The minimum atomic E-state index is -0.836. The van der Waals surface area contributed by atoms with Crippen molar-refractivity contribution in [1.82, 2.24) is 4.98 Å². The highest BCUT2D eigenvalue weighted by atomic mass is 32.1. The largest absolute Gasteiger partial charge is 0.359 e. The molecule has 1 fully saturated rings. The van der Waals surface area contributed by atoms with Crippen LogP contribution in [-0.4, -0.2) is 11.0 Å². The van der Waals surface area contributed by atoms with Gasteiger partial charge in [-0.2, -0.15) is 0 Å². The molecular weight excluding hydrogens is 254 g/mol. The summed E-state index contributed by atoms with van der Waals surface area (Å²) in [5, 5.41) is 4.14. The van der Waals surface area contributed by atoms with Crippen molar-refractivity contribution in [3.8, 4) is 0 Å². The van der Waals surface area contributed by atoms with Crippen LogP contribution in [-0.2, 0) is 0 Å². The van der Waals surface area contributed by atoms with Crippen LogP contribution < -0.4 is 5.32 Å². The van der Waals surface area contributed by atoms with Gasteiger partial charge >= 0.3 is 0 Å². The van der Waals surface area contributed by atoms with Crippen LogP contribution in [0.15, 0.2) is 12.1 Å². The highest BCUT2D eigenvalue weighted by Crippen LogP contribution is 2.30. The Hall–Kier alpha value is -1.23. The van der Waals surface area contributed by atoms with E-state index >= 15 is 0 Å². The molecular formula is C13H14F2N2S. The molecule has 0 spiro atoms. The summed E-state index contributed by atoms with van der Waals surface area (Å²) in [5.74, 6) is -1.65. The number of fused-ring (bicyclic) bond motifs is 1. The number of hydrogen-bond acceptors (Lipinski definition) is 3. The molecule has 0 unspecified atom stereocenters. The van der Waals surface area contributed by atoms with E-state index < -0.39 is 11.6 Å². The molecule has 0 saturated heterocycles. The van der Waals surface area contributed by atoms with Gasteiger partial charge in [-0.15, -0.1) is 0 Å². The lowest BCUT2D eigenvalue weighted by Crippen LogP contribution is -2.21. The molecule has 3 rings (SSSR count). The van der Waals surface area contributed by atoms with Crippen LogP contribution in [0, 0.1) is 11.6 Å². The number of rotatable bonds is 2. The Morgan fingerprint density at radius 1 is 1.11 bits per heavy atom. The normalized spacial score (nSPS) is 17.2. The molecule has 1 N–H and O–H groups in total. The summed E-state index contributed by atoms with van der Waals surface area (Å²) in [7, 11) is 0. The first-order valence-corrected chi connectivity index (χ1v) is 7.06. The number of anilines is 1. The van der Waals surface area contributed by atoms with Gasteiger partial charge in [0.15, 0.2) is 16.8 Å². The Morgan fingerprint density at radius 2 is 1.83 bits per heavy atom. The molecule has 2 nitrogen and oxygen atoms in total. The smallest absolute Gasteiger partial charge is 0.184 e. The van der Waals surface area contributed by atoms with Gasteiger partial charge in [-0.05, 0) is 18.9 Å². The lowest BCUT2D eigenvalue weighted by Gasteiger charge is -2.22. The molecule has 5 heteroatoms. The van der Waals surface area contributed by atoms with E-state index in [-0.39, 0.29) is 0 Å². The second kappa shape index (κ2) is 4.80. The van der Waals surface area contributed by atoms with Gasteiger partial charge in [0.2, 0.25) is 0 Å². The number of halogens is 2. The first-order valence-electron chi connectivity index (χ1n) is 6.24. The fourth-order valence-corrected chi connectivity index (χ4v) is 3.36. The third-order valence-electron chi connectivity index (χ3n) is 3.36. The van der Waals surface area contributed by atoms with Gasteiger partial charge in [-0.1, -0.05) is 30.6 Å². The van der Waals surface area contributed by atoms with Crippen LogP contribution in [0.2, 0.25) is 0 Å². The first-order chi connectivity index (χ1) is 8.72. The summed E-state index contributed by atoms with van der Waals surface area (Å²) in [6, 6.07) is 2.83. The minimum absolute atomic E-state index is 0.453. The van der Waals surface area contributed by atoms with Crippen molar-refractivity contribution < 1.29 is 8.78 Å². The van der Waals surface area contributed by atoms with E-state index in [0.29, 0.717) is 16.3 Å². The summed E-state index contributed by atoms with van der Waals surface area (Å²) < 4.78 is 26.9. The zero-order valence-electron chi connectivity index (χ0n) is 9.88. The maximum Gasteiger partial charge on any atom is 0.184 e. The van der Waals surface area contributed by atoms with E-state index in [4.69, 9.17) is 0 Å². The molecule has 1 aromatic heterocycles. The number of benzene rings is 1. The monoisotopic (exact) mass is 268 g/mol. The Labute approximate surface area is 108 Å². The fourth-order valence-electron chi connectivity index (χ4n) is 2.41. The molecule has 1 aliphatic rings. The fraction of sp³-hybridized carbons (Fsp3) is 0.462. The standard InChI is InChI=1S/C13H14F2N2S/c14-9-6-11-12(7-10(9)15)18-13(17-11)16-8-4-2-1-3-5-8/h6-8H,1-5H2,(H,16,17). The van der Waals surface area contributed by atoms with Gasteiger partial charge in [-0.25, -0.2) is 13.8 Å². The SMILES string of the molecule is Fc1cc2nc(NC3CCCCC3)sc2cc1F. The van der Waals surface area contributed by atoms with E-state index in [9.17, 15) is 8.78 Å². The number of aromatic nitrogens is 1. The molecule has 0 radical (unpaired) electrons. The maximum atomic E-state index is 13.1. The molecule has 1 heterocycles. The number of thiazole rings is 1. The third-order valence-corrected chi connectivity index (χ3v) is 4.31. The second-order valence-electron chi connectivity index (χ2n) is 4.73. The highest BCUT2D eigenvalue weighted by molar-refractivity contribution is 7.22. The van der Waals surface area contributed by atoms with Crippen LogP contribution in [0.4, 0.5) is 13.9 Å².